The van der Waals surface area contributed by atoms with Crippen LogP contribution in [0.15, 0.2) is 18.9 Å². The number of nitrogens with two attached hydrogens (primary N) is 1. The summed E-state index contributed by atoms with van der Waals surface area (Å²) in [7, 11) is 3.10. The fourth-order valence-electron chi connectivity index (χ4n) is 1.19. The first kappa shape index (κ1) is 10.7. The molecule has 0 aliphatic carbocycles. The van der Waals surface area contributed by atoms with Crippen LogP contribution in [-0.2, 0) is 16.0 Å². The van der Waals surface area contributed by atoms with E-state index in [2.05, 4.69) is 11.6 Å². The summed E-state index contributed by atoms with van der Waals surface area (Å²) >= 11 is 0. The van der Waals surface area contributed by atoms with Gasteiger partial charge in [0.2, 0.25) is 12.2 Å². The summed E-state index contributed by atoms with van der Waals surface area (Å²) in [5.74, 6) is 0.430. The summed E-state index contributed by atoms with van der Waals surface area (Å²) < 4.78 is 11.9. The van der Waals surface area contributed by atoms with E-state index >= 15 is 0 Å². The maximum absolute atomic E-state index is 5.67. The highest BCUT2D eigenvalue weighted by Gasteiger charge is 2.14. The van der Waals surface area contributed by atoms with Crippen molar-refractivity contribution in [2.24, 2.45) is 0 Å². The second-order valence-electron chi connectivity index (χ2n) is 2.77. The molecule has 1 rings (SSSR count). The van der Waals surface area contributed by atoms with Gasteiger partial charge in [0.05, 0.1) is 0 Å². The van der Waals surface area contributed by atoms with E-state index < -0.39 is 6.29 Å². The van der Waals surface area contributed by atoms with Crippen molar-refractivity contribution >= 4 is 5.95 Å². The van der Waals surface area contributed by atoms with E-state index in [-0.39, 0.29) is 0 Å². The number of imidazole rings is 1. The number of aromatic nitrogens is 2. The van der Waals surface area contributed by atoms with Gasteiger partial charge in [0, 0.05) is 27.0 Å². The third-order valence-corrected chi connectivity index (χ3v) is 1.82. The molecule has 0 radical (unpaired) electrons. The maximum Gasteiger partial charge on any atom is 0.202 e. The Balaban J connectivity index is 2.88. The minimum Gasteiger partial charge on any atom is -0.369 e. The lowest BCUT2D eigenvalue weighted by atomic mass is 10.4. The van der Waals surface area contributed by atoms with Crippen molar-refractivity contribution in [3.63, 3.8) is 0 Å². The van der Waals surface area contributed by atoms with Gasteiger partial charge in [0.1, 0.15) is 5.69 Å². The van der Waals surface area contributed by atoms with E-state index in [0.29, 0.717) is 18.2 Å². The summed E-state index contributed by atoms with van der Waals surface area (Å²) in [6, 6.07) is 0. The Morgan fingerprint density at radius 1 is 1.64 bits per heavy atom. The van der Waals surface area contributed by atoms with Crippen LogP contribution in [-0.4, -0.2) is 23.8 Å². The second kappa shape index (κ2) is 4.78. The molecule has 1 aromatic heterocycles. The third kappa shape index (κ3) is 2.12. The molecular formula is C9H15N3O2. The van der Waals surface area contributed by atoms with Gasteiger partial charge in [0.25, 0.3) is 0 Å². The Hall–Kier alpha value is -1.33. The lowest BCUT2D eigenvalue weighted by Crippen LogP contribution is -2.03. The maximum atomic E-state index is 5.67. The van der Waals surface area contributed by atoms with Crippen LogP contribution in [0, 0.1) is 0 Å². The van der Waals surface area contributed by atoms with Crippen LogP contribution in [0.25, 0.3) is 0 Å². The number of hydrogen-bond acceptors (Lipinski definition) is 4. The van der Waals surface area contributed by atoms with Gasteiger partial charge in [-0.2, -0.15) is 0 Å². The van der Waals surface area contributed by atoms with Gasteiger partial charge in [-0.1, -0.05) is 6.08 Å². The molecule has 0 unspecified atom stereocenters. The Bertz CT molecular complexity index is 305. The van der Waals surface area contributed by atoms with Crippen molar-refractivity contribution in [1.82, 2.24) is 9.55 Å². The number of hydrogen-bond donors (Lipinski definition) is 1. The molecule has 0 amide bonds. The summed E-state index contributed by atoms with van der Waals surface area (Å²) in [6.45, 7) is 4.25. The van der Waals surface area contributed by atoms with Crippen molar-refractivity contribution in [3.8, 4) is 0 Å². The predicted molar refractivity (Wildman–Crippen MR) is 53.6 cm³/mol. The zero-order valence-electron chi connectivity index (χ0n) is 8.43. The fraction of sp³-hybridized carbons (Fsp3) is 0.444. The van der Waals surface area contributed by atoms with Crippen molar-refractivity contribution < 1.29 is 9.47 Å². The number of nitrogens with zero attached hydrogens (tertiary/aromatic N) is 2. The van der Waals surface area contributed by atoms with Gasteiger partial charge >= 0.3 is 0 Å². The number of methoxy groups -OCH3 is 2. The van der Waals surface area contributed by atoms with Crippen LogP contribution >= 0.6 is 0 Å². The molecule has 5 heteroatoms. The fourth-order valence-corrected chi connectivity index (χ4v) is 1.19. The average Bonchev–Trinajstić information content (AvgIpc) is 2.51. The molecule has 0 spiro atoms. The first-order valence-corrected chi connectivity index (χ1v) is 4.22. The van der Waals surface area contributed by atoms with Gasteiger partial charge in [-0.15, -0.1) is 6.58 Å². The monoisotopic (exact) mass is 197 g/mol. The summed E-state index contributed by atoms with van der Waals surface area (Å²) in [4.78, 5) is 4.11. The predicted octanol–water partition coefficient (Wildman–Crippen LogP) is 0.943. The molecule has 0 atom stereocenters. The zero-order chi connectivity index (χ0) is 10.6. The largest absolute Gasteiger partial charge is 0.369 e. The summed E-state index contributed by atoms with van der Waals surface area (Å²) in [6.07, 6.45) is 3.06. The van der Waals surface area contributed by atoms with E-state index in [1.807, 2.05) is 0 Å². The molecule has 0 saturated carbocycles. The minimum atomic E-state index is -0.469. The lowest BCUT2D eigenvalue weighted by Gasteiger charge is -2.09. The van der Waals surface area contributed by atoms with Gasteiger partial charge in [-0.25, -0.2) is 4.98 Å². The van der Waals surface area contributed by atoms with Crippen molar-refractivity contribution in [2.75, 3.05) is 20.0 Å². The molecule has 0 saturated heterocycles. The standard InChI is InChI=1S/C9H15N3O2/c1-4-5-12-6-7(11-9(12)10)8(13-2)14-3/h4,6,8H,1,5H2,2-3H3,(H2,10,11). The molecule has 5 nitrogen and oxygen atoms in total. The molecule has 0 aliphatic heterocycles. The van der Waals surface area contributed by atoms with Gasteiger partial charge in [0.15, 0.2) is 0 Å². The topological polar surface area (TPSA) is 62.3 Å². The molecule has 2 N–H and O–H groups in total. The molecular weight excluding hydrogens is 182 g/mol. The number of allylic oxidation sites excluding steroid dienone is 1. The highest BCUT2D eigenvalue weighted by atomic mass is 16.7. The third-order valence-electron chi connectivity index (χ3n) is 1.82. The van der Waals surface area contributed by atoms with E-state index in [1.165, 1.54) is 0 Å². The molecule has 1 heterocycles. The van der Waals surface area contributed by atoms with Crippen molar-refractivity contribution in [2.45, 2.75) is 12.8 Å². The first-order valence-electron chi connectivity index (χ1n) is 4.22. The molecule has 0 aliphatic rings. The molecule has 14 heavy (non-hydrogen) atoms. The highest BCUT2D eigenvalue weighted by molar-refractivity contribution is 5.23. The summed E-state index contributed by atoms with van der Waals surface area (Å²) in [5, 5.41) is 0. The van der Waals surface area contributed by atoms with Crippen molar-refractivity contribution in [1.29, 1.82) is 0 Å². The van der Waals surface area contributed by atoms with Crippen LogP contribution < -0.4 is 5.73 Å². The van der Waals surface area contributed by atoms with Gasteiger partial charge < -0.3 is 19.8 Å². The SMILES string of the molecule is C=CCn1cc(C(OC)OC)nc1N. The van der Waals surface area contributed by atoms with E-state index in [0.717, 1.165) is 0 Å². The van der Waals surface area contributed by atoms with Crippen molar-refractivity contribution in [3.05, 3.63) is 24.5 Å². The molecule has 78 valence electrons. The van der Waals surface area contributed by atoms with Crippen LogP contribution in [0.5, 0.6) is 0 Å². The van der Waals surface area contributed by atoms with Crippen LogP contribution in [0.1, 0.15) is 12.0 Å². The van der Waals surface area contributed by atoms with Crippen LogP contribution in [0.2, 0.25) is 0 Å². The molecule has 1 aromatic rings. The quantitative estimate of drug-likeness (QED) is 0.563. The van der Waals surface area contributed by atoms with Crippen LogP contribution in [0.3, 0.4) is 0 Å². The molecule has 0 bridgehead atoms. The number of anilines is 1. The zero-order valence-corrected chi connectivity index (χ0v) is 8.43. The smallest absolute Gasteiger partial charge is 0.202 e. The Labute approximate surface area is 83.1 Å². The highest BCUT2D eigenvalue weighted by Crippen LogP contribution is 2.17. The van der Waals surface area contributed by atoms with E-state index in [4.69, 9.17) is 15.2 Å². The Morgan fingerprint density at radius 2 is 2.29 bits per heavy atom. The van der Waals surface area contributed by atoms with Crippen LogP contribution in [0.4, 0.5) is 5.95 Å². The van der Waals surface area contributed by atoms with E-state index in [9.17, 15) is 0 Å². The normalized spacial score (nSPS) is 10.8. The minimum absolute atomic E-state index is 0.430. The number of rotatable bonds is 5. The average molecular weight is 197 g/mol. The summed E-state index contributed by atoms with van der Waals surface area (Å²) in [5.41, 5.74) is 6.33. The number of nitrogen functional groups attached to an aromatic ring is 1. The Morgan fingerprint density at radius 3 is 2.79 bits per heavy atom. The van der Waals surface area contributed by atoms with Gasteiger partial charge in [-0.3, -0.25) is 0 Å². The van der Waals surface area contributed by atoms with Gasteiger partial charge in [-0.05, 0) is 0 Å². The number of ether oxygens (including phenoxy) is 2. The molecule has 0 fully saturated rings. The second-order valence-corrected chi connectivity index (χ2v) is 2.77. The van der Waals surface area contributed by atoms with E-state index in [1.54, 1.807) is 31.1 Å². The Kier molecular flexibility index (Phi) is 3.67. The first-order chi connectivity index (χ1) is 6.72. The molecule has 0 aromatic carbocycles. The lowest BCUT2D eigenvalue weighted by molar-refractivity contribution is -0.108.